The van der Waals surface area contributed by atoms with Gasteiger partial charge in [0.1, 0.15) is 5.69 Å². The Balaban J connectivity index is 2.79. The molecule has 0 amide bonds. The maximum Gasteiger partial charge on any atom is 0.384 e. The molecular formula is C10H16BrN3O2. The number of nitro groups is 1. The predicted molar refractivity (Wildman–Crippen MR) is 65.7 cm³/mol. The summed E-state index contributed by atoms with van der Waals surface area (Å²) >= 11 is 3.55. The summed E-state index contributed by atoms with van der Waals surface area (Å²) in [5.41, 5.74) is 0.674. The van der Waals surface area contributed by atoms with Crippen LogP contribution in [-0.2, 0) is 13.5 Å². The molecule has 0 aromatic carbocycles. The zero-order chi connectivity index (χ0) is 12.3. The highest BCUT2D eigenvalue weighted by Crippen LogP contribution is 2.23. The predicted octanol–water partition coefficient (Wildman–Crippen LogP) is 2.68. The van der Waals surface area contributed by atoms with Gasteiger partial charge in [-0.1, -0.05) is 29.8 Å². The van der Waals surface area contributed by atoms with Gasteiger partial charge in [-0.25, -0.2) is 0 Å². The summed E-state index contributed by atoms with van der Waals surface area (Å²) in [6.07, 6.45) is 3.11. The molecule has 0 saturated heterocycles. The molecule has 0 aliphatic heterocycles. The Morgan fingerprint density at radius 2 is 2.25 bits per heavy atom. The first-order valence-electron chi connectivity index (χ1n) is 5.20. The lowest BCUT2D eigenvalue weighted by Gasteiger charge is -2.11. The van der Waals surface area contributed by atoms with Crippen LogP contribution in [0.2, 0.25) is 0 Å². The second-order valence-corrected chi connectivity index (χ2v) is 5.61. The number of aryl methyl sites for hydroxylation is 1. The molecule has 1 atom stereocenters. The zero-order valence-corrected chi connectivity index (χ0v) is 11.3. The first kappa shape index (κ1) is 13.2. The van der Waals surface area contributed by atoms with Crippen LogP contribution in [0.25, 0.3) is 0 Å². The van der Waals surface area contributed by atoms with E-state index in [9.17, 15) is 10.1 Å². The Morgan fingerprint density at radius 3 is 2.75 bits per heavy atom. The molecule has 0 aliphatic carbocycles. The van der Waals surface area contributed by atoms with Crippen LogP contribution < -0.4 is 0 Å². The van der Waals surface area contributed by atoms with Gasteiger partial charge in [0.2, 0.25) is 6.33 Å². The fourth-order valence-corrected chi connectivity index (χ4v) is 2.69. The van der Waals surface area contributed by atoms with Crippen LogP contribution in [-0.4, -0.2) is 19.3 Å². The largest absolute Gasteiger partial charge is 0.384 e. The molecule has 5 nitrogen and oxygen atoms in total. The van der Waals surface area contributed by atoms with Crippen LogP contribution >= 0.6 is 15.9 Å². The molecule has 1 heterocycles. The first-order chi connectivity index (χ1) is 7.41. The van der Waals surface area contributed by atoms with Gasteiger partial charge in [0.25, 0.3) is 0 Å². The van der Waals surface area contributed by atoms with Crippen molar-refractivity contribution in [1.82, 2.24) is 9.55 Å². The maximum absolute atomic E-state index is 10.8. The van der Waals surface area contributed by atoms with Gasteiger partial charge < -0.3 is 14.7 Å². The number of imidazole rings is 1. The molecule has 6 heteroatoms. The number of nitrogens with zero attached hydrogens (tertiary/aromatic N) is 3. The van der Waals surface area contributed by atoms with E-state index in [1.165, 1.54) is 6.33 Å². The van der Waals surface area contributed by atoms with E-state index >= 15 is 0 Å². The van der Waals surface area contributed by atoms with E-state index in [1.54, 1.807) is 11.6 Å². The summed E-state index contributed by atoms with van der Waals surface area (Å²) in [6.45, 7) is 4.26. The summed E-state index contributed by atoms with van der Waals surface area (Å²) in [4.78, 5) is 14.4. The number of hydrogen-bond acceptors (Lipinski definition) is 3. The summed E-state index contributed by atoms with van der Waals surface area (Å²) in [7, 11) is 1.78. The third-order valence-corrected chi connectivity index (χ3v) is 3.05. The van der Waals surface area contributed by atoms with E-state index in [1.807, 2.05) is 0 Å². The Kier molecular flexibility index (Phi) is 4.46. The van der Waals surface area contributed by atoms with Crippen molar-refractivity contribution < 1.29 is 4.92 Å². The van der Waals surface area contributed by atoms with Gasteiger partial charge in [-0.3, -0.25) is 0 Å². The normalized spacial score (nSPS) is 13.1. The van der Waals surface area contributed by atoms with Crippen LogP contribution in [0.1, 0.15) is 26.0 Å². The van der Waals surface area contributed by atoms with E-state index in [0.29, 0.717) is 18.0 Å². The third-order valence-electron chi connectivity index (χ3n) is 2.35. The van der Waals surface area contributed by atoms with Crippen LogP contribution in [0.4, 0.5) is 5.82 Å². The van der Waals surface area contributed by atoms with Gasteiger partial charge in [-0.15, -0.1) is 0 Å². The second-order valence-electron chi connectivity index (χ2n) is 4.31. The highest BCUT2D eigenvalue weighted by atomic mass is 79.9. The van der Waals surface area contributed by atoms with Crippen molar-refractivity contribution in [2.75, 3.05) is 0 Å². The van der Waals surface area contributed by atoms with Gasteiger partial charge in [0.15, 0.2) is 0 Å². The average Bonchev–Trinajstić information content (AvgIpc) is 2.46. The van der Waals surface area contributed by atoms with Crippen LogP contribution in [0, 0.1) is 16.0 Å². The highest BCUT2D eigenvalue weighted by Gasteiger charge is 2.22. The van der Waals surface area contributed by atoms with Crippen molar-refractivity contribution in [2.24, 2.45) is 13.0 Å². The number of aromatic nitrogens is 2. The smallest absolute Gasteiger partial charge is 0.358 e. The maximum atomic E-state index is 10.8. The molecule has 0 radical (unpaired) electrons. The molecule has 1 aromatic rings. The molecule has 16 heavy (non-hydrogen) atoms. The van der Waals surface area contributed by atoms with E-state index in [0.717, 1.165) is 6.42 Å². The lowest BCUT2D eigenvalue weighted by atomic mass is 10.1. The van der Waals surface area contributed by atoms with Crippen molar-refractivity contribution in [1.29, 1.82) is 0 Å². The molecule has 90 valence electrons. The summed E-state index contributed by atoms with van der Waals surface area (Å²) in [5.74, 6) is 0.535. The SMILES string of the molecule is CC(C)CC(Br)Cc1c([N+](=O)[O-])ncn1C. The van der Waals surface area contributed by atoms with Crippen LogP contribution in [0.3, 0.4) is 0 Å². The molecular weight excluding hydrogens is 274 g/mol. The molecule has 0 bridgehead atoms. The molecule has 1 rings (SSSR count). The van der Waals surface area contributed by atoms with Crippen molar-refractivity contribution in [3.63, 3.8) is 0 Å². The van der Waals surface area contributed by atoms with E-state index < -0.39 is 4.92 Å². The van der Waals surface area contributed by atoms with E-state index in [2.05, 4.69) is 34.8 Å². The summed E-state index contributed by atoms with van der Waals surface area (Å²) in [5, 5.41) is 10.8. The van der Waals surface area contributed by atoms with Crippen molar-refractivity contribution >= 4 is 21.7 Å². The quantitative estimate of drug-likeness (QED) is 0.476. The number of rotatable bonds is 5. The van der Waals surface area contributed by atoms with Crippen molar-refractivity contribution in [2.45, 2.75) is 31.5 Å². The zero-order valence-electron chi connectivity index (χ0n) is 9.68. The van der Waals surface area contributed by atoms with E-state index in [-0.39, 0.29) is 10.6 Å². The Morgan fingerprint density at radius 1 is 1.62 bits per heavy atom. The minimum Gasteiger partial charge on any atom is -0.358 e. The molecule has 0 aliphatic rings. The molecule has 0 N–H and O–H groups in total. The number of alkyl halides is 1. The second kappa shape index (κ2) is 5.43. The number of hydrogen-bond donors (Lipinski definition) is 0. The lowest BCUT2D eigenvalue weighted by molar-refractivity contribution is -0.390. The first-order valence-corrected chi connectivity index (χ1v) is 6.12. The monoisotopic (exact) mass is 289 g/mol. The fourth-order valence-electron chi connectivity index (χ4n) is 1.64. The van der Waals surface area contributed by atoms with Gasteiger partial charge in [0, 0.05) is 18.3 Å². The Bertz CT molecular complexity index is 376. The molecule has 1 aromatic heterocycles. The minimum atomic E-state index is -0.426. The van der Waals surface area contributed by atoms with Crippen LogP contribution in [0.15, 0.2) is 6.33 Å². The molecule has 0 fully saturated rings. The summed E-state index contributed by atoms with van der Waals surface area (Å²) < 4.78 is 1.72. The topological polar surface area (TPSA) is 61.0 Å². The third kappa shape index (κ3) is 3.30. The lowest BCUT2D eigenvalue weighted by Crippen LogP contribution is -2.10. The fraction of sp³-hybridized carbons (Fsp3) is 0.700. The minimum absolute atomic E-state index is 0.0318. The van der Waals surface area contributed by atoms with Gasteiger partial charge in [-0.05, 0) is 22.2 Å². The van der Waals surface area contributed by atoms with Gasteiger partial charge in [0.05, 0.1) is 0 Å². The van der Waals surface area contributed by atoms with Crippen LogP contribution in [0.5, 0.6) is 0 Å². The van der Waals surface area contributed by atoms with Crippen molar-refractivity contribution in [3.05, 3.63) is 22.1 Å². The molecule has 0 saturated carbocycles. The highest BCUT2D eigenvalue weighted by molar-refractivity contribution is 9.09. The van der Waals surface area contributed by atoms with Gasteiger partial charge in [-0.2, -0.15) is 0 Å². The van der Waals surface area contributed by atoms with Gasteiger partial charge >= 0.3 is 5.82 Å². The molecule has 1 unspecified atom stereocenters. The average molecular weight is 290 g/mol. The standard InChI is InChI=1S/C10H16BrN3O2/c1-7(2)4-8(11)5-9-10(14(15)16)12-6-13(9)3/h6-8H,4-5H2,1-3H3. The Hall–Kier alpha value is -0.910. The number of halogens is 1. The molecule has 0 spiro atoms. The van der Waals surface area contributed by atoms with E-state index in [4.69, 9.17) is 0 Å². The Labute approximate surface area is 103 Å². The summed E-state index contributed by atoms with van der Waals surface area (Å²) in [6, 6.07) is 0. The van der Waals surface area contributed by atoms with Crippen molar-refractivity contribution in [3.8, 4) is 0 Å².